The minimum atomic E-state index is -0.0322. The van der Waals surface area contributed by atoms with Crippen molar-refractivity contribution in [3.63, 3.8) is 0 Å². The van der Waals surface area contributed by atoms with Crippen molar-refractivity contribution in [2.45, 2.75) is 12.5 Å². The van der Waals surface area contributed by atoms with Crippen molar-refractivity contribution in [2.24, 2.45) is 0 Å². The smallest absolute Gasteiger partial charge is 0.226 e. The van der Waals surface area contributed by atoms with Gasteiger partial charge in [-0.1, -0.05) is 17.7 Å². The van der Waals surface area contributed by atoms with Crippen LogP contribution >= 0.6 is 24.0 Å². The maximum absolute atomic E-state index is 11.7. The maximum atomic E-state index is 11.7. The van der Waals surface area contributed by atoms with Gasteiger partial charge in [-0.2, -0.15) is 0 Å². The van der Waals surface area contributed by atoms with E-state index in [1.807, 2.05) is 6.07 Å². The number of carbonyl (C=O) groups excluding carboxylic acids is 1. The number of carbonyl (C=O) groups is 1. The first-order valence-corrected chi connectivity index (χ1v) is 5.98. The molecule has 1 aromatic rings. The lowest BCUT2D eigenvalue weighted by atomic mass is 10.2. The average Bonchev–Trinajstić information content (AvgIpc) is 2.30. The zero-order chi connectivity index (χ0) is 12.1. The van der Waals surface area contributed by atoms with Crippen molar-refractivity contribution in [3.05, 3.63) is 29.3 Å². The number of nitrogens with one attached hydrogen (secondary N) is 2. The molecule has 2 rings (SSSR count). The second-order valence-electron chi connectivity index (χ2n) is 3.99. The molecule has 1 heterocycles. The summed E-state index contributed by atoms with van der Waals surface area (Å²) in [7, 11) is 0. The van der Waals surface area contributed by atoms with Crippen LogP contribution in [0.25, 0.3) is 0 Å². The summed E-state index contributed by atoms with van der Waals surface area (Å²) in [6.07, 6.45) is 0.409. The zero-order valence-electron chi connectivity index (χ0n) is 9.82. The van der Waals surface area contributed by atoms with Crippen LogP contribution in [0.15, 0.2) is 24.3 Å². The average molecular weight is 291 g/mol. The van der Waals surface area contributed by atoms with Crippen molar-refractivity contribution in [2.75, 3.05) is 25.1 Å². The van der Waals surface area contributed by atoms with E-state index < -0.39 is 0 Å². The Balaban J connectivity index is 0.00000162. The van der Waals surface area contributed by atoms with E-state index in [1.54, 1.807) is 18.2 Å². The van der Waals surface area contributed by atoms with E-state index in [-0.39, 0.29) is 24.4 Å². The van der Waals surface area contributed by atoms with Crippen LogP contribution in [0.1, 0.15) is 6.42 Å². The molecule has 2 N–H and O–H groups in total. The summed E-state index contributed by atoms with van der Waals surface area (Å²) in [5.41, 5.74) is 0.722. The van der Waals surface area contributed by atoms with Gasteiger partial charge >= 0.3 is 0 Å². The first-order valence-electron chi connectivity index (χ1n) is 5.60. The fraction of sp³-hybridized carbons (Fsp3) is 0.417. The van der Waals surface area contributed by atoms with Crippen LogP contribution in [0.3, 0.4) is 0 Å². The van der Waals surface area contributed by atoms with Gasteiger partial charge in [0.15, 0.2) is 0 Å². The maximum Gasteiger partial charge on any atom is 0.226 e. The van der Waals surface area contributed by atoms with E-state index in [0.717, 1.165) is 12.2 Å². The van der Waals surface area contributed by atoms with Gasteiger partial charge in [0, 0.05) is 29.7 Å². The van der Waals surface area contributed by atoms with Gasteiger partial charge in [0.1, 0.15) is 0 Å². The highest BCUT2D eigenvalue weighted by atomic mass is 35.5. The molecule has 1 saturated heterocycles. The molecule has 0 bridgehead atoms. The summed E-state index contributed by atoms with van der Waals surface area (Å²) in [6.45, 7) is 2.10. The summed E-state index contributed by atoms with van der Waals surface area (Å²) in [5.74, 6) is -0.0322. The number of halogens is 2. The Bertz CT molecular complexity index is 395. The quantitative estimate of drug-likeness (QED) is 0.896. The topological polar surface area (TPSA) is 50.4 Å². The Kier molecular flexibility index (Phi) is 6.43. The van der Waals surface area contributed by atoms with Gasteiger partial charge in [-0.25, -0.2) is 0 Å². The summed E-state index contributed by atoms with van der Waals surface area (Å²) >= 11 is 5.84. The van der Waals surface area contributed by atoms with Crippen LogP contribution in [0.2, 0.25) is 5.02 Å². The second kappa shape index (κ2) is 7.59. The third-order valence-electron chi connectivity index (χ3n) is 2.54. The third kappa shape index (κ3) is 4.82. The van der Waals surface area contributed by atoms with Crippen molar-refractivity contribution in [1.29, 1.82) is 0 Å². The largest absolute Gasteiger partial charge is 0.378 e. The Morgan fingerprint density at radius 1 is 1.56 bits per heavy atom. The van der Waals surface area contributed by atoms with E-state index in [9.17, 15) is 4.79 Å². The van der Waals surface area contributed by atoms with Crippen LogP contribution in [-0.4, -0.2) is 31.7 Å². The van der Waals surface area contributed by atoms with E-state index in [4.69, 9.17) is 16.3 Å². The fourth-order valence-corrected chi connectivity index (χ4v) is 1.94. The number of rotatable bonds is 3. The van der Waals surface area contributed by atoms with Crippen molar-refractivity contribution in [1.82, 2.24) is 5.32 Å². The van der Waals surface area contributed by atoms with Gasteiger partial charge in [-0.15, -0.1) is 12.4 Å². The third-order valence-corrected chi connectivity index (χ3v) is 2.77. The number of ether oxygens (including phenoxy) is 1. The van der Waals surface area contributed by atoms with Crippen LogP contribution in [-0.2, 0) is 9.53 Å². The molecule has 1 unspecified atom stereocenters. The monoisotopic (exact) mass is 290 g/mol. The van der Waals surface area contributed by atoms with Gasteiger partial charge in [-0.3, -0.25) is 4.79 Å². The van der Waals surface area contributed by atoms with Crippen molar-refractivity contribution < 1.29 is 9.53 Å². The summed E-state index contributed by atoms with van der Waals surface area (Å²) in [6, 6.07) is 7.22. The predicted octanol–water partition coefficient (Wildman–Crippen LogP) is 2.08. The first-order chi connectivity index (χ1) is 8.24. The van der Waals surface area contributed by atoms with E-state index in [0.29, 0.717) is 24.7 Å². The number of hydrogen-bond acceptors (Lipinski definition) is 3. The van der Waals surface area contributed by atoms with Crippen molar-refractivity contribution in [3.8, 4) is 0 Å². The molecule has 0 radical (unpaired) electrons. The molecule has 0 saturated carbocycles. The highest BCUT2D eigenvalue weighted by Crippen LogP contribution is 2.15. The highest BCUT2D eigenvalue weighted by Gasteiger charge is 2.16. The van der Waals surface area contributed by atoms with Crippen LogP contribution in [0.4, 0.5) is 5.69 Å². The Morgan fingerprint density at radius 3 is 3.06 bits per heavy atom. The highest BCUT2D eigenvalue weighted by molar-refractivity contribution is 6.30. The molecule has 100 valence electrons. The number of benzene rings is 1. The first kappa shape index (κ1) is 15.2. The van der Waals surface area contributed by atoms with Crippen LogP contribution in [0.5, 0.6) is 0 Å². The van der Waals surface area contributed by atoms with E-state index in [1.165, 1.54) is 0 Å². The molecule has 1 aromatic carbocycles. The molecule has 0 aliphatic carbocycles. The minimum Gasteiger partial charge on any atom is -0.378 e. The fourth-order valence-electron chi connectivity index (χ4n) is 1.75. The van der Waals surface area contributed by atoms with Gasteiger partial charge in [0.05, 0.1) is 13.2 Å². The molecule has 4 nitrogen and oxygen atoms in total. The van der Waals surface area contributed by atoms with Crippen LogP contribution in [0, 0.1) is 0 Å². The molecule has 1 aliphatic heterocycles. The zero-order valence-corrected chi connectivity index (χ0v) is 11.4. The molecule has 1 amide bonds. The Labute approximate surface area is 117 Å². The standard InChI is InChI=1S/C12H15ClN2O2.ClH/c13-9-2-1-3-10(6-9)15-12(16)7-11-8-17-5-4-14-11;/h1-3,6,11,14H,4-5,7-8H2,(H,15,16);1H. The SMILES string of the molecule is Cl.O=C(CC1COCCN1)Nc1cccc(Cl)c1. The van der Waals surface area contributed by atoms with Gasteiger partial charge in [-0.05, 0) is 18.2 Å². The molecule has 0 aromatic heterocycles. The van der Waals surface area contributed by atoms with Gasteiger partial charge in [0.25, 0.3) is 0 Å². The molecular weight excluding hydrogens is 275 g/mol. The minimum absolute atomic E-state index is 0. The lowest BCUT2D eigenvalue weighted by Gasteiger charge is -2.23. The molecule has 1 atom stereocenters. The number of hydrogen-bond donors (Lipinski definition) is 2. The molecule has 1 fully saturated rings. The Hall–Kier alpha value is -0.810. The lowest BCUT2D eigenvalue weighted by molar-refractivity contribution is -0.117. The predicted molar refractivity (Wildman–Crippen MR) is 74.6 cm³/mol. The van der Waals surface area contributed by atoms with Gasteiger partial charge < -0.3 is 15.4 Å². The summed E-state index contributed by atoms with van der Waals surface area (Å²) < 4.78 is 5.29. The molecular formula is C12H16Cl2N2O2. The van der Waals surface area contributed by atoms with E-state index >= 15 is 0 Å². The molecule has 18 heavy (non-hydrogen) atoms. The Morgan fingerprint density at radius 2 is 2.39 bits per heavy atom. The van der Waals surface area contributed by atoms with Crippen molar-refractivity contribution >= 4 is 35.6 Å². The lowest BCUT2D eigenvalue weighted by Crippen LogP contribution is -2.43. The summed E-state index contributed by atoms with van der Waals surface area (Å²) in [5, 5.41) is 6.66. The number of morpholine rings is 1. The van der Waals surface area contributed by atoms with Gasteiger partial charge in [0.2, 0.25) is 5.91 Å². The summed E-state index contributed by atoms with van der Waals surface area (Å²) in [4.78, 5) is 11.7. The second-order valence-corrected chi connectivity index (χ2v) is 4.43. The molecule has 0 spiro atoms. The number of amides is 1. The van der Waals surface area contributed by atoms with Crippen LogP contribution < -0.4 is 10.6 Å². The van der Waals surface area contributed by atoms with E-state index in [2.05, 4.69) is 10.6 Å². The molecule has 6 heteroatoms. The molecule has 1 aliphatic rings. The normalized spacial score (nSPS) is 18.8. The number of anilines is 1.